The highest BCUT2D eigenvalue weighted by Crippen LogP contribution is 2.76. The van der Waals surface area contributed by atoms with Crippen LogP contribution in [0.25, 0.3) is 22.8 Å². The molecule has 2 aromatic heterocycles. The van der Waals surface area contributed by atoms with Gasteiger partial charge >= 0.3 is 0 Å². The van der Waals surface area contributed by atoms with Crippen LogP contribution in [-0.4, -0.2) is 65.7 Å². The van der Waals surface area contributed by atoms with Gasteiger partial charge in [-0.05, 0) is 36.1 Å². The molecule has 1 aromatic carbocycles. The Bertz CT molecular complexity index is 1310. The first kappa shape index (κ1) is 28.1. The van der Waals surface area contributed by atoms with Gasteiger partial charge < -0.3 is 10.0 Å². The zero-order valence-electron chi connectivity index (χ0n) is 20.7. The lowest BCUT2D eigenvalue weighted by atomic mass is 9.94. The number of aromatic hydroxyl groups is 1. The number of nitrogens with zero attached hydrogens (tertiary/aromatic N) is 8. The Hall–Kier alpha value is -1.42. The van der Waals surface area contributed by atoms with Gasteiger partial charge in [-0.1, -0.05) is 32.3 Å². The fourth-order valence-electron chi connectivity index (χ4n) is 5.18. The van der Waals surface area contributed by atoms with Crippen LogP contribution in [-0.2, 0) is 7.05 Å². The van der Waals surface area contributed by atoms with Gasteiger partial charge in [0.25, 0.3) is 0 Å². The zero-order valence-corrected chi connectivity index (χ0v) is 25.2. The standard InChI is InChI=1S/C23H29FN8OS5/c1-3-12-5-4-6-15(24)16(9-12)32(21(34)22(35,36)23(21,37)38)18-11-25-20(27-26-18)14-8-7-13(10-17(14)33)19-28-30-31(2)29-19/h7-8,10-12,15-16,33-38H,3-6,9H2,1-2H3/t12-,15+,16-/m1/s1. The van der Waals surface area contributed by atoms with Crippen molar-refractivity contribution in [2.24, 2.45) is 13.0 Å². The maximum absolute atomic E-state index is 15.7. The molecule has 1 N–H and O–H groups in total. The highest BCUT2D eigenvalue weighted by atomic mass is 32.2. The lowest BCUT2D eigenvalue weighted by Gasteiger charge is -2.40. The first-order chi connectivity index (χ1) is 17.9. The van der Waals surface area contributed by atoms with Crippen molar-refractivity contribution in [2.45, 2.75) is 64.3 Å². The van der Waals surface area contributed by atoms with Gasteiger partial charge in [-0.15, -0.1) is 33.0 Å². The topological polar surface area (TPSA) is 106 Å². The third-order valence-corrected chi connectivity index (χ3v) is 12.5. The number of benzene rings is 1. The van der Waals surface area contributed by atoms with Crippen molar-refractivity contribution < 1.29 is 9.50 Å². The number of aryl methyl sites for hydroxylation is 1. The van der Waals surface area contributed by atoms with E-state index in [2.05, 4.69) is 37.5 Å². The normalized spacial score (nSPS) is 25.5. The molecule has 2 fully saturated rings. The van der Waals surface area contributed by atoms with E-state index >= 15 is 4.39 Å². The predicted molar refractivity (Wildman–Crippen MR) is 161 cm³/mol. The van der Waals surface area contributed by atoms with Crippen LogP contribution in [0.2, 0.25) is 0 Å². The summed E-state index contributed by atoms with van der Waals surface area (Å²) in [6.45, 7) is 2.12. The van der Waals surface area contributed by atoms with Gasteiger partial charge in [0.15, 0.2) is 11.6 Å². The van der Waals surface area contributed by atoms with Crippen LogP contribution in [0.3, 0.4) is 0 Å². The van der Waals surface area contributed by atoms with Gasteiger partial charge in [0.2, 0.25) is 5.82 Å². The molecule has 0 saturated heterocycles. The average Bonchev–Trinajstić information content (AvgIpc) is 3.11. The molecule has 204 valence electrons. The summed E-state index contributed by atoms with van der Waals surface area (Å²) in [7, 11) is 1.66. The molecule has 0 radical (unpaired) electrons. The Morgan fingerprint density at radius 2 is 1.82 bits per heavy atom. The van der Waals surface area contributed by atoms with Crippen LogP contribution in [0, 0.1) is 5.92 Å². The monoisotopic (exact) mass is 612 g/mol. The molecule has 0 bridgehead atoms. The van der Waals surface area contributed by atoms with Crippen LogP contribution >= 0.6 is 63.1 Å². The van der Waals surface area contributed by atoms with Gasteiger partial charge in [-0.25, -0.2) is 9.37 Å². The summed E-state index contributed by atoms with van der Waals surface area (Å²) in [5.41, 5.74) is 0.959. The highest BCUT2D eigenvalue weighted by molar-refractivity contribution is 8.13. The van der Waals surface area contributed by atoms with E-state index in [1.54, 1.807) is 24.1 Å². The second-order valence-corrected chi connectivity index (χ2v) is 13.9. The number of phenolic OH excluding ortho intramolecular Hbond substituents is 1. The molecule has 2 aliphatic rings. The van der Waals surface area contributed by atoms with Crippen LogP contribution in [0.5, 0.6) is 5.75 Å². The van der Waals surface area contributed by atoms with Crippen molar-refractivity contribution in [3.05, 3.63) is 24.4 Å². The average molecular weight is 613 g/mol. The Labute approximate surface area is 247 Å². The van der Waals surface area contributed by atoms with E-state index in [1.807, 2.05) is 0 Å². The summed E-state index contributed by atoms with van der Waals surface area (Å²) in [6, 6.07) is 4.34. The highest BCUT2D eigenvalue weighted by Gasteiger charge is 2.84. The number of aromatic nitrogens is 7. The minimum absolute atomic E-state index is 0.0675. The summed E-state index contributed by atoms with van der Waals surface area (Å²) in [6.07, 6.45) is 4.13. The number of anilines is 1. The molecular formula is C23H29FN8OS5. The molecule has 9 nitrogen and oxygen atoms in total. The Morgan fingerprint density at radius 1 is 1.08 bits per heavy atom. The molecule has 5 rings (SSSR count). The summed E-state index contributed by atoms with van der Waals surface area (Å²) in [4.78, 5) is 6.41. The van der Waals surface area contributed by atoms with Crippen molar-refractivity contribution >= 4 is 69.0 Å². The quantitative estimate of drug-likeness (QED) is 0.139. The molecule has 2 saturated carbocycles. The molecule has 3 atom stereocenters. The number of hydrogen-bond donors (Lipinski definition) is 6. The van der Waals surface area contributed by atoms with E-state index in [0.717, 1.165) is 19.3 Å². The fraction of sp³-hybridized carbons (Fsp3) is 0.565. The molecule has 0 unspecified atom stereocenters. The van der Waals surface area contributed by atoms with E-state index < -0.39 is 25.2 Å². The molecule has 38 heavy (non-hydrogen) atoms. The van der Waals surface area contributed by atoms with Crippen molar-refractivity contribution in [3.63, 3.8) is 0 Å². The van der Waals surface area contributed by atoms with Crippen LogP contribution < -0.4 is 4.90 Å². The number of rotatable bonds is 6. The van der Waals surface area contributed by atoms with Gasteiger partial charge in [-0.3, -0.25) is 0 Å². The number of phenols is 1. The lowest BCUT2D eigenvalue weighted by molar-refractivity contribution is 0.245. The molecule has 0 spiro atoms. The summed E-state index contributed by atoms with van der Waals surface area (Å²) in [5.74, 6) is 1.17. The van der Waals surface area contributed by atoms with Gasteiger partial charge in [0, 0.05) is 5.56 Å². The molecular weight excluding hydrogens is 584 g/mol. The second kappa shape index (κ2) is 10.2. The lowest BCUT2D eigenvalue weighted by Crippen LogP contribution is -2.52. The van der Waals surface area contributed by atoms with Gasteiger partial charge in [0.05, 0.1) is 24.8 Å². The van der Waals surface area contributed by atoms with Crippen molar-refractivity contribution in [3.8, 4) is 28.5 Å². The molecule has 2 heterocycles. The van der Waals surface area contributed by atoms with Gasteiger partial charge in [0.1, 0.15) is 25.0 Å². The Kier molecular flexibility index (Phi) is 7.55. The summed E-state index contributed by atoms with van der Waals surface area (Å²) < 4.78 is 13.5. The molecule has 0 amide bonds. The number of halogens is 1. The largest absolute Gasteiger partial charge is 0.507 e. The number of alkyl halides is 1. The maximum atomic E-state index is 15.7. The Balaban J connectivity index is 1.51. The van der Waals surface area contributed by atoms with Crippen LogP contribution in [0.4, 0.5) is 10.2 Å². The van der Waals surface area contributed by atoms with Crippen LogP contribution in [0.1, 0.15) is 39.0 Å². The minimum atomic E-state index is -1.17. The molecule has 0 aliphatic heterocycles. The Morgan fingerprint density at radius 3 is 2.37 bits per heavy atom. The first-order valence-electron chi connectivity index (χ1n) is 12.2. The zero-order chi connectivity index (χ0) is 27.5. The summed E-state index contributed by atoms with van der Waals surface area (Å²) in [5, 5.41) is 31.3. The molecule has 3 aromatic rings. The van der Waals surface area contributed by atoms with E-state index in [0.29, 0.717) is 41.5 Å². The van der Waals surface area contributed by atoms with Gasteiger partial charge in [-0.2, -0.15) is 55.3 Å². The summed E-state index contributed by atoms with van der Waals surface area (Å²) >= 11 is 23.7. The number of hydrogen-bond acceptors (Lipinski definition) is 13. The molecule has 2 aliphatic carbocycles. The number of tetrazole rings is 1. The van der Waals surface area contributed by atoms with Crippen LogP contribution in [0.15, 0.2) is 24.4 Å². The van der Waals surface area contributed by atoms with Crippen molar-refractivity contribution in [2.75, 3.05) is 4.90 Å². The minimum Gasteiger partial charge on any atom is -0.507 e. The van der Waals surface area contributed by atoms with Crippen molar-refractivity contribution in [1.29, 1.82) is 0 Å². The van der Waals surface area contributed by atoms with E-state index in [-0.39, 0.29) is 11.6 Å². The first-order valence-corrected chi connectivity index (χ1v) is 14.5. The second-order valence-electron chi connectivity index (χ2n) is 9.89. The van der Waals surface area contributed by atoms with E-state index in [4.69, 9.17) is 63.1 Å². The third kappa shape index (κ3) is 4.45. The third-order valence-electron chi connectivity index (χ3n) is 7.54. The number of thiol groups is 5. The van der Waals surface area contributed by atoms with Crippen molar-refractivity contribution in [1.82, 2.24) is 35.4 Å². The SMILES string of the molecule is CC[C@@H]1CCC[C@H](F)[C@H](N(c2cnc(-c3ccc(-c4nnn(C)n4)cc3O)nn2)C2(S)C(S)(S)C2(S)S)C1. The molecule has 15 heteroatoms. The smallest absolute Gasteiger partial charge is 0.205 e. The fourth-order valence-corrected chi connectivity index (χ4v) is 7.94. The van der Waals surface area contributed by atoms with E-state index in [1.165, 1.54) is 17.1 Å². The van der Waals surface area contributed by atoms with E-state index in [9.17, 15) is 5.11 Å². The maximum Gasteiger partial charge on any atom is 0.205 e. The predicted octanol–water partition coefficient (Wildman–Crippen LogP) is 4.30.